The van der Waals surface area contributed by atoms with Crippen LogP contribution in [0.1, 0.15) is 20.8 Å². The van der Waals surface area contributed by atoms with Gasteiger partial charge < -0.3 is 10.1 Å². The Labute approximate surface area is 113 Å². The molecule has 0 unspecified atom stereocenters. The van der Waals surface area contributed by atoms with Crippen LogP contribution in [0.3, 0.4) is 0 Å². The highest BCUT2D eigenvalue weighted by molar-refractivity contribution is 5.48. The molecule has 0 aliphatic rings. The first-order chi connectivity index (χ1) is 8.94. The Morgan fingerprint density at radius 1 is 0.947 bits per heavy atom. The van der Waals surface area contributed by atoms with Gasteiger partial charge in [-0.25, -0.2) is 4.39 Å². The van der Waals surface area contributed by atoms with Gasteiger partial charge in [-0.1, -0.05) is 12.1 Å². The van der Waals surface area contributed by atoms with Crippen molar-refractivity contribution in [3.8, 4) is 11.5 Å². The van der Waals surface area contributed by atoms with E-state index in [1.54, 1.807) is 18.2 Å². The van der Waals surface area contributed by atoms with Gasteiger partial charge in [0.2, 0.25) is 0 Å². The van der Waals surface area contributed by atoms with E-state index in [1.165, 1.54) is 6.07 Å². The lowest BCUT2D eigenvalue weighted by molar-refractivity contribution is 0.442. The molecule has 0 amide bonds. The van der Waals surface area contributed by atoms with E-state index < -0.39 is 0 Å². The van der Waals surface area contributed by atoms with Crippen LogP contribution in [0.4, 0.5) is 10.1 Å². The standard InChI is InChI=1S/C16H18FNO/c1-16(2,3)18-12-8-10-13(11-9-12)19-15-7-5-4-6-14(15)17/h4-11,18H,1-3H3. The minimum Gasteiger partial charge on any atom is -0.454 e. The number of ether oxygens (including phenoxy) is 1. The summed E-state index contributed by atoms with van der Waals surface area (Å²) in [7, 11) is 0. The molecule has 0 saturated heterocycles. The van der Waals surface area contributed by atoms with Crippen LogP contribution in [0.25, 0.3) is 0 Å². The van der Waals surface area contributed by atoms with Crippen LogP contribution in [0.5, 0.6) is 11.5 Å². The highest BCUT2D eigenvalue weighted by atomic mass is 19.1. The first-order valence-electron chi connectivity index (χ1n) is 6.25. The number of hydrogen-bond donors (Lipinski definition) is 1. The topological polar surface area (TPSA) is 21.3 Å². The van der Waals surface area contributed by atoms with Gasteiger partial charge in [-0.3, -0.25) is 0 Å². The van der Waals surface area contributed by atoms with Crippen molar-refractivity contribution in [1.29, 1.82) is 0 Å². The molecular formula is C16H18FNO. The predicted octanol–water partition coefficient (Wildman–Crippen LogP) is 4.83. The van der Waals surface area contributed by atoms with Crippen molar-refractivity contribution in [2.45, 2.75) is 26.3 Å². The molecule has 2 nitrogen and oxygen atoms in total. The SMILES string of the molecule is CC(C)(C)Nc1ccc(Oc2ccccc2F)cc1. The zero-order chi connectivity index (χ0) is 13.9. The number of benzene rings is 2. The summed E-state index contributed by atoms with van der Waals surface area (Å²) in [5.41, 5.74) is 1.02. The molecule has 3 heteroatoms. The van der Waals surface area contributed by atoms with Crippen LogP contribution in [-0.2, 0) is 0 Å². The van der Waals surface area contributed by atoms with Crippen molar-refractivity contribution in [3.05, 3.63) is 54.3 Å². The first kappa shape index (κ1) is 13.4. The van der Waals surface area contributed by atoms with Gasteiger partial charge in [0.05, 0.1) is 0 Å². The van der Waals surface area contributed by atoms with Crippen LogP contribution >= 0.6 is 0 Å². The number of hydrogen-bond acceptors (Lipinski definition) is 2. The van der Waals surface area contributed by atoms with E-state index in [9.17, 15) is 4.39 Å². The van der Waals surface area contributed by atoms with Crippen LogP contribution in [-0.4, -0.2) is 5.54 Å². The van der Waals surface area contributed by atoms with Crippen molar-refractivity contribution in [2.24, 2.45) is 0 Å². The normalized spacial score (nSPS) is 11.2. The van der Waals surface area contributed by atoms with E-state index in [0.717, 1.165) is 5.69 Å². The maximum Gasteiger partial charge on any atom is 0.165 e. The average Bonchev–Trinajstić information content (AvgIpc) is 2.33. The number of para-hydroxylation sites is 1. The summed E-state index contributed by atoms with van der Waals surface area (Å²) in [5.74, 6) is 0.489. The lowest BCUT2D eigenvalue weighted by atomic mass is 10.1. The molecule has 100 valence electrons. The number of nitrogens with one attached hydrogen (secondary N) is 1. The van der Waals surface area contributed by atoms with Gasteiger partial charge in [0.25, 0.3) is 0 Å². The van der Waals surface area contributed by atoms with Crippen LogP contribution in [0.2, 0.25) is 0 Å². The second-order valence-electron chi connectivity index (χ2n) is 5.43. The molecule has 2 aromatic rings. The zero-order valence-corrected chi connectivity index (χ0v) is 11.4. The van der Waals surface area contributed by atoms with Gasteiger partial charge in [0.1, 0.15) is 5.75 Å². The fraction of sp³-hybridized carbons (Fsp3) is 0.250. The molecule has 0 heterocycles. The Balaban J connectivity index is 2.09. The fourth-order valence-corrected chi connectivity index (χ4v) is 1.69. The van der Waals surface area contributed by atoms with E-state index in [2.05, 4.69) is 26.1 Å². The van der Waals surface area contributed by atoms with Crippen LogP contribution < -0.4 is 10.1 Å². The molecule has 0 aromatic heterocycles. The highest BCUT2D eigenvalue weighted by Crippen LogP contribution is 2.25. The van der Waals surface area contributed by atoms with E-state index in [4.69, 9.17) is 4.74 Å². The molecule has 0 radical (unpaired) electrons. The Kier molecular flexibility index (Phi) is 3.74. The molecule has 1 N–H and O–H groups in total. The summed E-state index contributed by atoms with van der Waals surface area (Å²) in [6.07, 6.45) is 0. The molecule has 2 rings (SSSR count). The molecule has 19 heavy (non-hydrogen) atoms. The second-order valence-corrected chi connectivity index (χ2v) is 5.43. The predicted molar refractivity (Wildman–Crippen MR) is 76.3 cm³/mol. The first-order valence-corrected chi connectivity index (χ1v) is 6.25. The minimum atomic E-state index is -0.362. The lowest BCUT2D eigenvalue weighted by Crippen LogP contribution is -2.25. The van der Waals surface area contributed by atoms with E-state index in [-0.39, 0.29) is 17.1 Å². The van der Waals surface area contributed by atoms with E-state index in [0.29, 0.717) is 5.75 Å². The van der Waals surface area contributed by atoms with E-state index >= 15 is 0 Å². The van der Waals surface area contributed by atoms with Gasteiger partial charge in [0, 0.05) is 11.2 Å². The van der Waals surface area contributed by atoms with Gasteiger partial charge >= 0.3 is 0 Å². The van der Waals surface area contributed by atoms with Crippen LogP contribution in [0.15, 0.2) is 48.5 Å². The van der Waals surface area contributed by atoms with E-state index in [1.807, 2.05) is 24.3 Å². The second kappa shape index (κ2) is 5.31. The molecule has 0 spiro atoms. The number of anilines is 1. The molecule has 2 aromatic carbocycles. The van der Waals surface area contributed by atoms with Crippen molar-refractivity contribution in [1.82, 2.24) is 0 Å². The monoisotopic (exact) mass is 259 g/mol. The molecule has 0 aliphatic carbocycles. The molecule has 0 atom stereocenters. The molecule has 0 bridgehead atoms. The van der Waals surface area contributed by atoms with Gasteiger partial charge in [-0.15, -0.1) is 0 Å². The van der Waals surface area contributed by atoms with Crippen molar-refractivity contribution in [2.75, 3.05) is 5.32 Å². The van der Waals surface area contributed by atoms with Crippen LogP contribution in [0, 0.1) is 5.82 Å². The molecular weight excluding hydrogens is 241 g/mol. The number of halogens is 1. The Morgan fingerprint density at radius 3 is 2.16 bits per heavy atom. The third-order valence-corrected chi connectivity index (χ3v) is 2.44. The third kappa shape index (κ3) is 3.98. The van der Waals surface area contributed by atoms with Gasteiger partial charge in [0.15, 0.2) is 11.6 Å². The summed E-state index contributed by atoms with van der Waals surface area (Å²) in [6.45, 7) is 6.28. The number of rotatable bonds is 3. The highest BCUT2D eigenvalue weighted by Gasteiger charge is 2.09. The Bertz CT molecular complexity index is 543. The van der Waals surface area contributed by atoms with Gasteiger partial charge in [-0.05, 0) is 57.2 Å². The fourth-order valence-electron chi connectivity index (χ4n) is 1.69. The average molecular weight is 259 g/mol. The Hall–Kier alpha value is -2.03. The summed E-state index contributed by atoms with van der Waals surface area (Å²) in [4.78, 5) is 0. The summed E-state index contributed by atoms with van der Waals surface area (Å²) in [6, 6.07) is 13.8. The molecule has 0 fully saturated rings. The van der Waals surface area contributed by atoms with Crippen molar-refractivity contribution >= 4 is 5.69 Å². The Morgan fingerprint density at radius 2 is 1.58 bits per heavy atom. The van der Waals surface area contributed by atoms with Gasteiger partial charge in [-0.2, -0.15) is 0 Å². The third-order valence-electron chi connectivity index (χ3n) is 2.44. The zero-order valence-electron chi connectivity index (χ0n) is 11.4. The molecule has 0 saturated carbocycles. The summed E-state index contributed by atoms with van der Waals surface area (Å²) < 4.78 is 18.9. The smallest absolute Gasteiger partial charge is 0.165 e. The summed E-state index contributed by atoms with van der Waals surface area (Å²) >= 11 is 0. The quantitative estimate of drug-likeness (QED) is 0.852. The summed E-state index contributed by atoms with van der Waals surface area (Å²) in [5, 5.41) is 3.35. The maximum atomic E-state index is 13.4. The lowest BCUT2D eigenvalue weighted by Gasteiger charge is -2.22. The largest absolute Gasteiger partial charge is 0.454 e. The maximum absolute atomic E-state index is 13.4. The van der Waals surface area contributed by atoms with Crippen molar-refractivity contribution < 1.29 is 9.13 Å². The molecule has 0 aliphatic heterocycles. The van der Waals surface area contributed by atoms with Crippen molar-refractivity contribution in [3.63, 3.8) is 0 Å². The minimum absolute atomic E-state index is 0.00785.